The topological polar surface area (TPSA) is 178 Å². The summed E-state index contributed by atoms with van der Waals surface area (Å²) in [6, 6.07) is -0.980. The number of hydroxylamine groups is 1. The number of carboxylic acid groups (broad SMARTS) is 1. The zero-order valence-electron chi connectivity index (χ0n) is 19.4. The number of nitrogens with one attached hydrogen (secondary N) is 3. The molecule has 0 unspecified atom stereocenters. The third kappa shape index (κ3) is 5.99. The van der Waals surface area contributed by atoms with E-state index in [1.807, 2.05) is 13.8 Å². The third-order valence-electron chi connectivity index (χ3n) is 4.84. The Hall–Kier alpha value is -3.26. The van der Waals surface area contributed by atoms with E-state index >= 15 is 0 Å². The molecule has 2 heterocycles. The summed E-state index contributed by atoms with van der Waals surface area (Å²) in [5.74, 6) is -2.59. The van der Waals surface area contributed by atoms with Gasteiger partial charge in [-0.25, -0.2) is 20.1 Å². The molecule has 1 aromatic rings. The summed E-state index contributed by atoms with van der Waals surface area (Å²) in [7, 11) is 0. The zero-order valence-corrected chi connectivity index (χ0v) is 20.2. The molecule has 2 aliphatic rings. The van der Waals surface area contributed by atoms with Gasteiger partial charge in [0.15, 0.2) is 10.8 Å². The van der Waals surface area contributed by atoms with E-state index in [9.17, 15) is 24.3 Å². The monoisotopic (exact) mass is 497 g/mol. The molecule has 34 heavy (non-hydrogen) atoms. The molecule has 0 radical (unpaired) electrons. The molecule has 13 nitrogen and oxygen atoms in total. The van der Waals surface area contributed by atoms with Gasteiger partial charge in [0.1, 0.15) is 23.9 Å². The van der Waals surface area contributed by atoms with Crippen molar-refractivity contribution in [2.24, 2.45) is 10.6 Å². The first-order chi connectivity index (χ1) is 15.7. The van der Waals surface area contributed by atoms with Crippen LogP contribution in [0.15, 0.2) is 10.5 Å². The van der Waals surface area contributed by atoms with Crippen LogP contribution in [0, 0.1) is 5.41 Å². The van der Waals surface area contributed by atoms with Gasteiger partial charge in [-0.2, -0.15) is 0 Å². The number of carbonyl (C=O) groups is 4. The average molecular weight is 498 g/mol. The average Bonchev–Trinajstić information content (AvgIpc) is 3.27. The van der Waals surface area contributed by atoms with Crippen LogP contribution in [0.1, 0.15) is 53.2 Å². The van der Waals surface area contributed by atoms with Gasteiger partial charge in [-0.05, 0) is 26.2 Å². The standard InChI is InChI=1S/C20H27N5O8S/c1-18(2,3)32-17(30)23-16-22-11(7-34-16)12(14(27)21-10-6-31-25-13(10)26)24-33-20(15(28)29)8-19(4,5)9-20/h7,10H,6,8-9H2,1-5H3,(H,21,27)(H,25,26)(H,28,29)(H,22,23,30)/b24-12-/t10-/m0/s1. The van der Waals surface area contributed by atoms with Gasteiger partial charge in [-0.1, -0.05) is 19.0 Å². The Morgan fingerprint density at radius 3 is 2.53 bits per heavy atom. The largest absolute Gasteiger partial charge is 0.478 e. The van der Waals surface area contributed by atoms with Crippen LogP contribution >= 0.6 is 11.3 Å². The Morgan fingerprint density at radius 1 is 1.32 bits per heavy atom. The van der Waals surface area contributed by atoms with Crippen LogP contribution in [-0.2, 0) is 28.8 Å². The number of hydrogen-bond donors (Lipinski definition) is 4. The van der Waals surface area contributed by atoms with Gasteiger partial charge in [0.2, 0.25) is 5.60 Å². The number of rotatable bonds is 7. The molecule has 3 amide bonds. The summed E-state index contributed by atoms with van der Waals surface area (Å²) >= 11 is 0.992. The van der Waals surface area contributed by atoms with Gasteiger partial charge in [0.05, 0.1) is 0 Å². The summed E-state index contributed by atoms with van der Waals surface area (Å²) in [6.45, 7) is 8.79. The van der Waals surface area contributed by atoms with Crippen LogP contribution in [-0.4, -0.2) is 63.5 Å². The summed E-state index contributed by atoms with van der Waals surface area (Å²) in [6.07, 6.45) is -0.363. The number of aromatic nitrogens is 1. The van der Waals surface area contributed by atoms with Crippen LogP contribution in [0.2, 0.25) is 0 Å². The fourth-order valence-electron chi connectivity index (χ4n) is 3.59. The second-order valence-electron chi connectivity index (χ2n) is 9.82. The maximum atomic E-state index is 12.9. The molecular formula is C20H27N5O8S. The molecule has 1 atom stereocenters. The number of amides is 3. The second kappa shape index (κ2) is 9.18. The van der Waals surface area contributed by atoms with Crippen LogP contribution in [0.5, 0.6) is 0 Å². The van der Waals surface area contributed by atoms with Crippen molar-refractivity contribution in [3.05, 3.63) is 11.1 Å². The molecule has 1 saturated carbocycles. The molecule has 1 aliphatic carbocycles. The van der Waals surface area contributed by atoms with Crippen molar-refractivity contribution in [2.45, 2.75) is 64.7 Å². The lowest BCUT2D eigenvalue weighted by atomic mass is 9.61. The van der Waals surface area contributed by atoms with E-state index in [1.165, 1.54) is 5.38 Å². The molecule has 2 fully saturated rings. The number of oxime groups is 1. The lowest BCUT2D eigenvalue weighted by molar-refractivity contribution is -0.198. The van der Waals surface area contributed by atoms with Gasteiger partial charge < -0.3 is 20.0 Å². The van der Waals surface area contributed by atoms with Gasteiger partial charge in [0.25, 0.3) is 11.8 Å². The van der Waals surface area contributed by atoms with Crippen molar-refractivity contribution in [3.63, 3.8) is 0 Å². The lowest BCUT2D eigenvalue weighted by Gasteiger charge is -2.47. The predicted octanol–water partition coefficient (Wildman–Crippen LogP) is 1.40. The molecule has 1 aliphatic heterocycles. The number of ether oxygens (including phenoxy) is 1. The zero-order chi connectivity index (χ0) is 25.3. The Balaban J connectivity index is 1.83. The highest BCUT2D eigenvalue weighted by atomic mass is 32.1. The summed E-state index contributed by atoms with van der Waals surface area (Å²) in [4.78, 5) is 62.9. The molecule has 3 rings (SSSR count). The number of hydrogen-bond acceptors (Lipinski definition) is 10. The number of anilines is 1. The van der Waals surface area contributed by atoms with Crippen molar-refractivity contribution >= 4 is 46.1 Å². The normalized spacial score (nSPS) is 21.1. The van der Waals surface area contributed by atoms with Gasteiger partial charge >= 0.3 is 12.1 Å². The Morgan fingerprint density at radius 2 is 2.00 bits per heavy atom. The van der Waals surface area contributed by atoms with E-state index in [4.69, 9.17) is 14.4 Å². The van der Waals surface area contributed by atoms with E-state index in [1.54, 1.807) is 20.8 Å². The first-order valence-corrected chi connectivity index (χ1v) is 11.3. The van der Waals surface area contributed by atoms with Crippen molar-refractivity contribution in [1.82, 2.24) is 15.8 Å². The van der Waals surface area contributed by atoms with E-state index in [0.29, 0.717) is 0 Å². The number of thiazole rings is 1. The van der Waals surface area contributed by atoms with Crippen LogP contribution in [0.4, 0.5) is 9.93 Å². The highest BCUT2D eigenvalue weighted by Crippen LogP contribution is 2.50. The number of carbonyl (C=O) groups excluding carboxylic acids is 3. The first-order valence-electron chi connectivity index (χ1n) is 10.4. The highest BCUT2D eigenvalue weighted by Gasteiger charge is 2.58. The summed E-state index contributed by atoms with van der Waals surface area (Å²) < 4.78 is 5.18. The minimum absolute atomic E-state index is 0.00649. The Bertz CT molecular complexity index is 1020. The number of carboxylic acids is 1. The maximum absolute atomic E-state index is 12.9. The smallest absolute Gasteiger partial charge is 0.413 e. The van der Waals surface area contributed by atoms with E-state index in [-0.39, 0.29) is 41.4 Å². The summed E-state index contributed by atoms with van der Waals surface area (Å²) in [5, 5.41) is 19.9. The Kier molecular flexibility index (Phi) is 6.85. The molecule has 4 N–H and O–H groups in total. The second-order valence-corrected chi connectivity index (χ2v) is 10.7. The molecule has 0 aromatic carbocycles. The maximum Gasteiger partial charge on any atom is 0.413 e. The third-order valence-corrected chi connectivity index (χ3v) is 5.60. The Labute approximate surface area is 199 Å². The van der Waals surface area contributed by atoms with Gasteiger partial charge in [-0.3, -0.25) is 19.7 Å². The van der Waals surface area contributed by atoms with Crippen LogP contribution in [0.25, 0.3) is 0 Å². The number of aliphatic carboxylic acids is 1. The molecule has 0 bridgehead atoms. The van der Waals surface area contributed by atoms with Crippen molar-refractivity contribution < 1.29 is 38.7 Å². The quantitative estimate of drug-likeness (QED) is 0.320. The fourth-order valence-corrected chi connectivity index (χ4v) is 4.28. The minimum atomic E-state index is -1.59. The molecule has 1 saturated heterocycles. The van der Waals surface area contributed by atoms with Gasteiger partial charge in [-0.15, -0.1) is 11.3 Å². The van der Waals surface area contributed by atoms with E-state index in [2.05, 4.69) is 26.3 Å². The van der Waals surface area contributed by atoms with Crippen molar-refractivity contribution in [1.29, 1.82) is 0 Å². The first kappa shape index (κ1) is 25.4. The van der Waals surface area contributed by atoms with Crippen LogP contribution < -0.4 is 16.1 Å². The predicted molar refractivity (Wildman–Crippen MR) is 119 cm³/mol. The fraction of sp³-hybridized carbons (Fsp3) is 0.600. The molecule has 1 aromatic heterocycles. The molecular weight excluding hydrogens is 470 g/mol. The lowest BCUT2D eigenvalue weighted by Crippen LogP contribution is -2.56. The van der Waals surface area contributed by atoms with Gasteiger partial charge in [0, 0.05) is 18.2 Å². The molecule has 14 heteroatoms. The summed E-state index contributed by atoms with van der Waals surface area (Å²) in [5.41, 5.74) is -0.813. The van der Waals surface area contributed by atoms with Crippen molar-refractivity contribution in [3.8, 4) is 0 Å². The molecule has 186 valence electrons. The number of nitrogens with zero attached hydrogens (tertiary/aromatic N) is 2. The van der Waals surface area contributed by atoms with E-state index in [0.717, 1.165) is 11.3 Å². The molecule has 0 spiro atoms. The van der Waals surface area contributed by atoms with Crippen LogP contribution in [0.3, 0.4) is 0 Å². The minimum Gasteiger partial charge on any atom is -0.478 e. The van der Waals surface area contributed by atoms with E-state index < -0.39 is 41.1 Å². The SMILES string of the molecule is CC1(C)CC(O/N=C(\C(=O)N[C@H]2CONC2=O)c2csc(NC(=O)OC(C)(C)C)n2)(C(=O)O)C1. The van der Waals surface area contributed by atoms with Crippen molar-refractivity contribution in [2.75, 3.05) is 11.9 Å². The highest BCUT2D eigenvalue weighted by molar-refractivity contribution is 7.14.